The van der Waals surface area contributed by atoms with Gasteiger partial charge in [0, 0.05) is 0 Å². The largest absolute Gasteiger partial charge is 0.371 e. The zero-order valence-corrected chi connectivity index (χ0v) is 10.9. The van der Waals surface area contributed by atoms with Gasteiger partial charge < -0.3 is 4.74 Å². The van der Waals surface area contributed by atoms with Crippen LogP contribution in [0.15, 0.2) is 0 Å². The van der Waals surface area contributed by atoms with Crippen LogP contribution in [-0.2, 0) is 4.74 Å². The van der Waals surface area contributed by atoms with Crippen LogP contribution in [-0.4, -0.2) is 27.5 Å². The fourth-order valence-corrected chi connectivity index (χ4v) is 11.4. The molecule has 0 aromatic rings. The highest BCUT2D eigenvalue weighted by Gasteiger charge is 2.70. The number of hydrogen-bond acceptors (Lipinski definition) is 1. The van der Waals surface area contributed by atoms with Crippen LogP contribution in [0.1, 0.15) is 0 Å². The zero-order chi connectivity index (χ0) is 9.20. The Morgan fingerprint density at radius 3 is 2.17 bits per heavy atom. The summed E-state index contributed by atoms with van der Waals surface area (Å²) < 4.78 is 5.94. The van der Waals surface area contributed by atoms with Gasteiger partial charge in [0.2, 0.25) is 0 Å². The maximum atomic E-state index is 5.94. The number of hydrogen-bond donors (Lipinski definition) is 0. The summed E-state index contributed by atoms with van der Waals surface area (Å²) in [6, 6.07) is 2.87. The van der Waals surface area contributed by atoms with Crippen molar-refractivity contribution in [2.45, 2.75) is 56.2 Å². The monoisotopic (exact) mass is 200 g/mol. The van der Waals surface area contributed by atoms with Crippen molar-refractivity contribution in [2.75, 3.05) is 0 Å². The first-order valence-electron chi connectivity index (χ1n) is 4.95. The van der Waals surface area contributed by atoms with Crippen LogP contribution in [0.2, 0.25) is 44.8 Å². The lowest BCUT2D eigenvalue weighted by molar-refractivity contribution is 0.350. The van der Waals surface area contributed by atoms with Gasteiger partial charge in [-0.3, -0.25) is 0 Å². The molecule has 3 heteroatoms. The first-order chi connectivity index (χ1) is 5.27. The van der Waals surface area contributed by atoms with E-state index < -0.39 is 16.1 Å². The van der Waals surface area contributed by atoms with Crippen LogP contribution in [0.4, 0.5) is 0 Å². The first kappa shape index (κ1) is 8.97. The molecule has 0 bridgehead atoms. The summed E-state index contributed by atoms with van der Waals surface area (Å²) in [7, 11) is -1.88. The van der Waals surface area contributed by atoms with Crippen LogP contribution >= 0.6 is 0 Å². The Balaban J connectivity index is 2.20. The molecule has 2 fully saturated rings. The highest BCUT2D eigenvalue weighted by Crippen LogP contribution is 2.59. The van der Waals surface area contributed by atoms with E-state index in [2.05, 4.69) is 32.7 Å². The second-order valence-electron chi connectivity index (χ2n) is 6.29. The number of epoxide rings is 1. The molecular weight excluding hydrogens is 180 g/mol. The Morgan fingerprint density at radius 1 is 1.33 bits per heavy atom. The second-order valence-corrected chi connectivity index (χ2v) is 16.7. The maximum absolute atomic E-state index is 5.94. The first-order valence-corrected chi connectivity index (χ1v) is 11.9. The standard InChI is InChI=1S/C9H20OSi2/c1-11(2,3)9-7-12(4,5)6-8(9)10-9/h8H,6-7H2,1-5H3. The van der Waals surface area contributed by atoms with Crippen LogP contribution < -0.4 is 0 Å². The molecule has 0 aromatic carbocycles. The molecule has 2 saturated heterocycles. The van der Waals surface area contributed by atoms with E-state index in [1.807, 2.05) is 0 Å². The normalized spacial score (nSPS) is 44.2. The van der Waals surface area contributed by atoms with E-state index in [4.69, 9.17) is 4.74 Å². The second kappa shape index (κ2) is 2.07. The van der Waals surface area contributed by atoms with Crippen molar-refractivity contribution in [1.82, 2.24) is 0 Å². The Bertz CT molecular complexity index is 219. The number of fused-ring (bicyclic) bond motifs is 1. The van der Waals surface area contributed by atoms with Crippen molar-refractivity contribution in [1.29, 1.82) is 0 Å². The van der Waals surface area contributed by atoms with Crippen LogP contribution in [0.5, 0.6) is 0 Å². The maximum Gasteiger partial charge on any atom is 0.0854 e. The quantitative estimate of drug-likeness (QED) is 0.468. The van der Waals surface area contributed by atoms with E-state index in [1.165, 1.54) is 12.1 Å². The molecule has 0 aromatic heterocycles. The predicted octanol–water partition coefficient (Wildman–Crippen LogP) is 2.72. The van der Waals surface area contributed by atoms with Crippen LogP contribution in [0, 0.1) is 0 Å². The van der Waals surface area contributed by atoms with Gasteiger partial charge in [-0.25, -0.2) is 0 Å². The molecule has 12 heavy (non-hydrogen) atoms. The fourth-order valence-electron chi connectivity index (χ4n) is 2.79. The summed E-state index contributed by atoms with van der Waals surface area (Å²) in [6.45, 7) is 12.4. The lowest BCUT2D eigenvalue weighted by Crippen LogP contribution is -2.43. The van der Waals surface area contributed by atoms with Crippen molar-refractivity contribution < 1.29 is 4.74 Å². The molecule has 0 aliphatic carbocycles. The van der Waals surface area contributed by atoms with Gasteiger partial charge in [-0.05, 0) is 12.1 Å². The number of ether oxygens (including phenoxy) is 1. The summed E-state index contributed by atoms with van der Waals surface area (Å²) in [5.41, 5.74) is 0. The van der Waals surface area contributed by atoms with E-state index in [-0.39, 0.29) is 0 Å². The molecule has 2 aliphatic rings. The third-order valence-electron chi connectivity index (χ3n) is 3.56. The predicted molar refractivity (Wildman–Crippen MR) is 58.0 cm³/mol. The van der Waals surface area contributed by atoms with Gasteiger partial charge in [-0.1, -0.05) is 32.7 Å². The van der Waals surface area contributed by atoms with Gasteiger partial charge in [0.15, 0.2) is 0 Å². The molecule has 2 aliphatic heterocycles. The third-order valence-corrected chi connectivity index (χ3v) is 10.0. The van der Waals surface area contributed by atoms with Crippen molar-refractivity contribution in [3.63, 3.8) is 0 Å². The fraction of sp³-hybridized carbons (Fsp3) is 1.00. The molecule has 2 unspecified atom stereocenters. The van der Waals surface area contributed by atoms with E-state index in [0.29, 0.717) is 11.3 Å². The summed E-state index contributed by atoms with van der Waals surface area (Å²) in [4.78, 5) is 0. The van der Waals surface area contributed by atoms with E-state index in [0.717, 1.165) is 0 Å². The summed E-state index contributed by atoms with van der Waals surface area (Å²) in [6.07, 6.45) is 0.686. The SMILES string of the molecule is C[Si]1(C)CC2OC2([Si](C)(C)C)C1. The van der Waals surface area contributed by atoms with Gasteiger partial charge in [0.05, 0.1) is 27.5 Å². The molecular formula is C9H20OSi2. The molecule has 1 nitrogen and oxygen atoms in total. The van der Waals surface area contributed by atoms with E-state index in [1.54, 1.807) is 0 Å². The van der Waals surface area contributed by atoms with Crippen molar-refractivity contribution in [2.24, 2.45) is 0 Å². The van der Waals surface area contributed by atoms with Gasteiger partial charge in [0.25, 0.3) is 0 Å². The zero-order valence-electron chi connectivity index (χ0n) is 8.90. The minimum Gasteiger partial charge on any atom is -0.371 e. The molecule has 2 rings (SSSR count). The van der Waals surface area contributed by atoms with Crippen molar-refractivity contribution in [3.05, 3.63) is 0 Å². The molecule has 0 N–H and O–H groups in total. The van der Waals surface area contributed by atoms with Crippen molar-refractivity contribution in [3.8, 4) is 0 Å². The Labute approximate surface area is 77.5 Å². The van der Waals surface area contributed by atoms with Gasteiger partial charge in [-0.2, -0.15) is 0 Å². The molecule has 70 valence electrons. The molecule has 2 atom stereocenters. The van der Waals surface area contributed by atoms with Gasteiger partial charge in [-0.15, -0.1) is 0 Å². The highest BCUT2D eigenvalue weighted by molar-refractivity contribution is 6.87. The summed E-state index contributed by atoms with van der Waals surface area (Å²) >= 11 is 0. The van der Waals surface area contributed by atoms with Crippen LogP contribution in [0.3, 0.4) is 0 Å². The van der Waals surface area contributed by atoms with E-state index in [9.17, 15) is 0 Å². The smallest absolute Gasteiger partial charge is 0.0854 e. The van der Waals surface area contributed by atoms with Crippen molar-refractivity contribution >= 4 is 16.1 Å². The molecule has 0 saturated carbocycles. The highest BCUT2D eigenvalue weighted by atomic mass is 28.3. The summed E-state index contributed by atoms with van der Waals surface area (Å²) in [5, 5.41) is 0.433. The molecule has 2 heterocycles. The lowest BCUT2D eigenvalue weighted by Gasteiger charge is -2.27. The van der Waals surface area contributed by atoms with Crippen LogP contribution in [0.25, 0.3) is 0 Å². The average Bonchev–Trinajstić information content (AvgIpc) is 2.32. The molecule has 0 spiro atoms. The average molecular weight is 200 g/mol. The third kappa shape index (κ3) is 1.06. The topological polar surface area (TPSA) is 12.5 Å². The Morgan fingerprint density at radius 2 is 1.92 bits per heavy atom. The minimum atomic E-state index is -1.05. The molecule has 0 amide bonds. The Kier molecular flexibility index (Phi) is 1.55. The molecule has 0 radical (unpaired) electrons. The number of rotatable bonds is 1. The van der Waals surface area contributed by atoms with Gasteiger partial charge in [0.1, 0.15) is 0 Å². The Hall–Kier alpha value is 0.394. The minimum absolute atomic E-state index is 0.433. The summed E-state index contributed by atoms with van der Waals surface area (Å²) in [5.74, 6) is 0. The lowest BCUT2D eigenvalue weighted by atomic mass is 10.4. The van der Waals surface area contributed by atoms with Gasteiger partial charge >= 0.3 is 0 Å². The van der Waals surface area contributed by atoms with E-state index >= 15 is 0 Å².